The normalized spacial score (nSPS) is 0. The van der Waals surface area contributed by atoms with E-state index in [9.17, 15) is 0 Å². The van der Waals surface area contributed by atoms with Gasteiger partial charge in [0.05, 0.1) is 0 Å². The van der Waals surface area contributed by atoms with Gasteiger partial charge in [-0.2, -0.15) is 0 Å². The third-order valence-electron chi connectivity index (χ3n) is 0. The Hall–Kier alpha value is 2.13. The van der Waals surface area contributed by atoms with Gasteiger partial charge in [0, 0.05) is 0 Å². The van der Waals surface area contributed by atoms with E-state index in [4.69, 9.17) is 0 Å². The van der Waals surface area contributed by atoms with Gasteiger partial charge in [-0.1, -0.05) is 0 Å². The Morgan fingerprint density at radius 3 is 0.250 bits per heavy atom. The van der Waals surface area contributed by atoms with Gasteiger partial charge in [-0.25, -0.2) is 0 Å². The summed E-state index contributed by atoms with van der Waals surface area (Å²) in [5.41, 5.74) is 0. The van der Waals surface area contributed by atoms with E-state index in [1.807, 2.05) is 0 Å². The van der Waals surface area contributed by atoms with Gasteiger partial charge in [-0.05, 0) is 0 Å². The second kappa shape index (κ2) is 19.3. The van der Waals surface area contributed by atoms with Crippen molar-refractivity contribution < 1.29 is 0 Å². The van der Waals surface area contributed by atoms with E-state index in [-0.39, 0.29) is 69.4 Å². The van der Waals surface area contributed by atoms with Crippen molar-refractivity contribution in [2.24, 2.45) is 0 Å². The number of hydrogen-bond donors (Lipinski definition) is 0. The summed E-state index contributed by atoms with van der Waals surface area (Å²) in [6.07, 6.45) is 0. The van der Waals surface area contributed by atoms with Gasteiger partial charge >= 0.3 is 69.4 Å². The molecule has 0 rings (SSSR count). The molecule has 0 spiro atoms. The first kappa shape index (κ1) is 35.6. The summed E-state index contributed by atoms with van der Waals surface area (Å²) in [6, 6.07) is 0. The van der Waals surface area contributed by atoms with E-state index in [0.717, 1.165) is 0 Å². The fourth-order valence-electron chi connectivity index (χ4n) is 0. The first-order chi connectivity index (χ1) is 0. The van der Waals surface area contributed by atoms with Gasteiger partial charge in [0.25, 0.3) is 0 Å². The minimum Gasteiger partial charge on any atom is 3.00 e. The van der Waals surface area contributed by atoms with Crippen LogP contribution in [0.5, 0.6) is 0 Å². The van der Waals surface area contributed by atoms with Crippen LogP contribution in [-0.4, -0.2) is 69.4 Å². The van der Waals surface area contributed by atoms with Gasteiger partial charge in [-0.3, -0.25) is 0 Å². The van der Waals surface area contributed by atoms with E-state index < -0.39 is 0 Å². The third kappa shape index (κ3) is 8.92. The van der Waals surface area contributed by atoms with Gasteiger partial charge in [0.15, 0.2) is 0 Å². The molecule has 0 bridgehead atoms. The predicted molar refractivity (Wildman–Crippen MR) is 23.0 cm³/mol. The molecule has 0 aromatic heterocycles. The van der Waals surface area contributed by atoms with Gasteiger partial charge in [-0.15, -0.1) is 0 Å². The van der Waals surface area contributed by atoms with Crippen molar-refractivity contribution in [1.82, 2.24) is 0 Å². The van der Waals surface area contributed by atoms with E-state index in [2.05, 4.69) is 0 Å². The summed E-state index contributed by atoms with van der Waals surface area (Å²) in [4.78, 5) is 0. The first-order valence-electron chi connectivity index (χ1n) is 0. The third-order valence-corrected chi connectivity index (χ3v) is 0. The van der Waals surface area contributed by atoms with Crippen molar-refractivity contribution in [3.05, 3.63) is 0 Å². The largest absolute Gasteiger partial charge is 3.00 e. The van der Waals surface area contributed by atoms with Gasteiger partial charge < -0.3 is 0 Å². The Kier molecular flexibility index (Phi) is 171. The summed E-state index contributed by atoms with van der Waals surface area (Å²) in [5, 5.41) is 0. The van der Waals surface area contributed by atoms with Crippen LogP contribution in [0.3, 0.4) is 0 Å². The van der Waals surface area contributed by atoms with Crippen molar-refractivity contribution in [3.8, 4) is 0 Å². The fourth-order valence-corrected chi connectivity index (χ4v) is 0. The standard InChI is InChI=1S/4Al/q4*+3. The number of rotatable bonds is 0. The van der Waals surface area contributed by atoms with E-state index in [1.54, 1.807) is 0 Å². The summed E-state index contributed by atoms with van der Waals surface area (Å²) < 4.78 is 0. The molecule has 0 valence electrons. The van der Waals surface area contributed by atoms with Crippen LogP contribution in [0, 0.1) is 0 Å². The predicted octanol–water partition coefficient (Wildman–Crippen LogP) is -1.52. The molecule has 0 fully saturated rings. The topological polar surface area (TPSA) is 0 Å². The van der Waals surface area contributed by atoms with Crippen LogP contribution in [0.4, 0.5) is 0 Å². The molecule has 0 amide bonds. The van der Waals surface area contributed by atoms with Crippen LogP contribution in [0.25, 0.3) is 0 Å². The molecule has 0 atom stereocenters. The van der Waals surface area contributed by atoms with E-state index >= 15 is 0 Å². The molecule has 4 heavy (non-hydrogen) atoms. The van der Waals surface area contributed by atoms with Crippen LogP contribution in [0.2, 0.25) is 0 Å². The smallest absolute Gasteiger partial charge is 3.00 e. The van der Waals surface area contributed by atoms with Crippen molar-refractivity contribution in [1.29, 1.82) is 0 Å². The molecule has 4 heteroatoms. The second-order valence-electron chi connectivity index (χ2n) is 0. The Bertz CT molecular complexity index is 0. The van der Waals surface area contributed by atoms with E-state index in [1.165, 1.54) is 0 Å². The molecular weight excluding hydrogens is 108 g/mol. The van der Waals surface area contributed by atoms with Gasteiger partial charge in [0.2, 0.25) is 0 Å². The Morgan fingerprint density at radius 1 is 0.250 bits per heavy atom. The SMILES string of the molecule is [Al+3].[Al+3].[Al+3].[Al+3]. The average molecular weight is 108 g/mol. The molecule has 0 heterocycles. The molecule has 0 N–H and O–H groups in total. The monoisotopic (exact) mass is 108 g/mol. The van der Waals surface area contributed by atoms with Gasteiger partial charge in [0.1, 0.15) is 0 Å². The maximum absolute atomic E-state index is 0. The molecule has 0 unspecified atom stereocenters. The Balaban J connectivity index is 0. The molecular formula is Al4+12. The number of hydrogen-bond acceptors (Lipinski definition) is 0. The molecule has 0 aromatic carbocycles. The maximum Gasteiger partial charge on any atom is 3.00 e. The molecule has 0 saturated heterocycles. The zero-order valence-corrected chi connectivity index (χ0v) is 6.93. The van der Waals surface area contributed by atoms with Crippen LogP contribution >= 0.6 is 0 Å². The Labute approximate surface area is 68.9 Å². The van der Waals surface area contributed by atoms with Crippen molar-refractivity contribution in [3.63, 3.8) is 0 Å². The van der Waals surface area contributed by atoms with Crippen LogP contribution in [0.1, 0.15) is 0 Å². The molecule has 0 saturated carbocycles. The van der Waals surface area contributed by atoms with Crippen LogP contribution in [0.15, 0.2) is 0 Å². The van der Waals surface area contributed by atoms with E-state index in [0.29, 0.717) is 0 Å². The zero-order valence-electron chi connectivity index (χ0n) is 2.31. The molecule has 0 aliphatic rings. The summed E-state index contributed by atoms with van der Waals surface area (Å²) in [6.45, 7) is 0. The second-order valence-corrected chi connectivity index (χ2v) is 0. The van der Waals surface area contributed by atoms with Crippen LogP contribution < -0.4 is 0 Å². The van der Waals surface area contributed by atoms with Crippen molar-refractivity contribution in [2.45, 2.75) is 0 Å². The summed E-state index contributed by atoms with van der Waals surface area (Å²) in [7, 11) is 0. The maximum atomic E-state index is 0. The minimum atomic E-state index is 0. The summed E-state index contributed by atoms with van der Waals surface area (Å²) >= 11 is 0. The molecule has 0 aromatic rings. The Morgan fingerprint density at radius 2 is 0.250 bits per heavy atom. The van der Waals surface area contributed by atoms with Crippen LogP contribution in [-0.2, 0) is 0 Å². The molecule has 0 aliphatic heterocycles. The van der Waals surface area contributed by atoms with Crippen molar-refractivity contribution in [2.75, 3.05) is 0 Å². The molecule has 0 aliphatic carbocycles. The molecule has 0 radical (unpaired) electrons. The van der Waals surface area contributed by atoms with Crippen molar-refractivity contribution >= 4 is 69.4 Å². The molecule has 0 nitrogen and oxygen atoms in total. The first-order valence-corrected chi connectivity index (χ1v) is 0. The average Bonchev–Trinajstić information content (AvgIpc) is 0. The zero-order chi connectivity index (χ0) is 0. The summed E-state index contributed by atoms with van der Waals surface area (Å²) in [5.74, 6) is 0. The minimum absolute atomic E-state index is 0. The quantitative estimate of drug-likeness (QED) is 0.330. The fraction of sp³-hybridized carbons (Fsp3) is 0.